The fraction of sp³-hybridized carbons (Fsp3) is 0.471. The highest BCUT2D eigenvalue weighted by atomic mass is 35.5. The normalized spacial score (nSPS) is 17.6. The molecule has 1 saturated heterocycles. The van der Waals surface area contributed by atoms with E-state index in [1.165, 1.54) is 22.9 Å². The quantitative estimate of drug-likeness (QED) is 0.667. The summed E-state index contributed by atoms with van der Waals surface area (Å²) in [5.41, 5.74) is 4.12. The number of benzene rings is 1. The van der Waals surface area contributed by atoms with Crippen LogP contribution in [0.2, 0.25) is 0 Å². The van der Waals surface area contributed by atoms with Gasteiger partial charge >= 0.3 is 5.82 Å². The van der Waals surface area contributed by atoms with E-state index in [-0.39, 0.29) is 24.3 Å². The number of hydrogen-bond donors (Lipinski definition) is 1. The number of halogens is 1. The van der Waals surface area contributed by atoms with E-state index in [0.717, 1.165) is 45.4 Å². The lowest BCUT2D eigenvalue weighted by atomic mass is 10.0. The lowest BCUT2D eigenvalue weighted by Crippen LogP contribution is -2.34. The van der Waals surface area contributed by atoms with Gasteiger partial charge in [-0.05, 0) is 35.3 Å². The molecule has 4 rings (SSSR count). The van der Waals surface area contributed by atoms with Gasteiger partial charge in [-0.2, -0.15) is 4.68 Å². The molecular weight excluding hydrogens is 342 g/mol. The van der Waals surface area contributed by atoms with E-state index in [0.29, 0.717) is 0 Å². The Morgan fingerprint density at radius 1 is 1.28 bits per heavy atom. The SMILES string of the molecule is Cl.O=[N+]([O-])c1ccn(C2CCN(Cc3cccc4c3NCC4)CC2)n1. The zero-order chi connectivity index (χ0) is 16.5. The first-order valence-electron chi connectivity index (χ1n) is 8.47. The summed E-state index contributed by atoms with van der Waals surface area (Å²) >= 11 is 0. The minimum atomic E-state index is -0.436. The molecule has 8 heteroatoms. The minimum Gasteiger partial charge on any atom is -0.384 e. The van der Waals surface area contributed by atoms with Crippen LogP contribution in [0.1, 0.15) is 30.0 Å². The predicted molar refractivity (Wildman–Crippen MR) is 98.3 cm³/mol. The second-order valence-electron chi connectivity index (χ2n) is 6.55. The molecule has 2 aromatic rings. The first-order valence-corrected chi connectivity index (χ1v) is 8.47. The summed E-state index contributed by atoms with van der Waals surface area (Å²) in [4.78, 5) is 12.8. The van der Waals surface area contributed by atoms with Gasteiger partial charge in [-0.15, -0.1) is 12.4 Å². The number of hydrogen-bond acceptors (Lipinski definition) is 5. The largest absolute Gasteiger partial charge is 0.389 e. The molecule has 0 saturated carbocycles. The van der Waals surface area contributed by atoms with Crippen molar-refractivity contribution in [1.82, 2.24) is 14.7 Å². The van der Waals surface area contributed by atoms with Crippen LogP contribution in [0.4, 0.5) is 11.5 Å². The predicted octanol–water partition coefficient (Wildman–Crippen LogP) is 3.02. The van der Waals surface area contributed by atoms with E-state index < -0.39 is 4.92 Å². The van der Waals surface area contributed by atoms with E-state index in [1.54, 1.807) is 10.9 Å². The van der Waals surface area contributed by atoms with E-state index >= 15 is 0 Å². The van der Waals surface area contributed by atoms with Crippen molar-refractivity contribution in [3.05, 3.63) is 51.7 Å². The maximum atomic E-state index is 10.8. The van der Waals surface area contributed by atoms with Gasteiger partial charge in [0.2, 0.25) is 0 Å². The molecular formula is C17H22ClN5O2. The molecule has 1 fully saturated rings. The maximum Gasteiger partial charge on any atom is 0.389 e. The highest BCUT2D eigenvalue weighted by molar-refractivity contribution is 5.85. The van der Waals surface area contributed by atoms with Crippen LogP contribution in [-0.2, 0) is 13.0 Å². The van der Waals surface area contributed by atoms with Crippen LogP contribution in [0, 0.1) is 10.1 Å². The molecule has 3 heterocycles. The van der Waals surface area contributed by atoms with Crippen molar-refractivity contribution >= 4 is 23.9 Å². The van der Waals surface area contributed by atoms with Gasteiger partial charge in [-0.25, -0.2) is 0 Å². The van der Waals surface area contributed by atoms with Crippen LogP contribution in [-0.4, -0.2) is 39.2 Å². The molecule has 7 nitrogen and oxygen atoms in total. The van der Waals surface area contributed by atoms with Crippen molar-refractivity contribution in [3.63, 3.8) is 0 Å². The topological polar surface area (TPSA) is 76.2 Å². The summed E-state index contributed by atoms with van der Waals surface area (Å²) in [7, 11) is 0. The van der Waals surface area contributed by atoms with Crippen LogP contribution in [0.15, 0.2) is 30.5 Å². The fourth-order valence-electron chi connectivity index (χ4n) is 3.75. The zero-order valence-electron chi connectivity index (χ0n) is 13.9. The van der Waals surface area contributed by atoms with Crippen molar-refractivity contribution in [2.45, 2.75) is 31.8 Å². The van der Waals surface area contributed by atoms with Gasteiger partial charge in [0, 0.05) is 31.9 Å². The highest BCUT2D eigenvalue weighted by Gasteiger charge is 2.25. The fourth-order valence-corrected chi connectivity index (χ4v) is 3.75. The molecule has 0 aliphatic carbocycles. The molecule has 0 amide bonds. The molecule has 1 N–H and O–H groups in total. The van der Waals surface area contributed by atoms with Gasteiger partial charge in [0.05, 0.1) is 23.4 Å². The van der Waals surface area contributed by atoms with Crippen molar-refractivity contribution in [3.8, 4) is 0 Å². The Balaban J connectivity index is 0.00000182. The number of nitrogens with zero attached hydrogens (tertiary/aromatic N) is 4. The van der Waals surface area contributed by atoms with Crippen LogP contribution >= 0.6 is 12.4 Å². The number of likely N-dealkylation sites (tertiary alicyclic amines) is 1. The summed E-state index contributed by atoms with van der Waals surface area (Å²) in [6, 6.07) is 8.30. The van der Waals surface area contributed by atoms with Gasteiger partial charge in [-0.3, -0.25) is 4.90 Å². The minimum absolute atomic E-state index is 0. The lowest BCUT2D eigenvalue weighted by Gasteiger charge is -2.31. The number of para-hydroxylation sites is 1. The second-order valence-corrected chi connectivity index (χ2v) is 6.55. The number of nitrogens with one attached hydrogen (secondary N) is 1. The molecule has 25 heavy (non-hydrogen) atoms. The molecule has 0 radical (unpaired) electrons. The molecule has 0 bridgehead atoms. The molecule has 134 valence electrons. The molecule has 0 unspecified atom stereocenters. The Hall–Kier alpha value is -2.12. The van der Waals surface area contributed by atoms with Gasteiger partial charge in [0.25, 0.3) is 0 Å². The Kier molecular flexibility index (Phi) is 5.24. The first kappa shape index (κ1) is 17.7. The molecule has 1 aromatic heterocycles. The van der Waals surface area contributed by atoms with E-state index in [1.807, 2.05) is 0 Å². The van der Waals surface area contributed by atoms with Crippen LogP contribution < -0.4 is 5.32 Å². The molecule has 2 aliphatic rings. The number of rotatable bonds is 4. The van der Waals surface area contributed by atoms with Gasteiger partial charge in [0.15, 0.2) is 0 Å². The summed E-state index contributed by atoms with van der Waals surface area (Å²) in [5.74, 6) is -0.0663. The molecule has 0 spiro atoms. The zero-order valence-corrected chi connectivity index (χ0v) is 14.7. The number of aromatic nitrogens is 2. The maximum absolute atomic E-state index is 10.8. The molecule has 2 aliphatic heterocycles. The number of anilines is 1. The summed E-state index contributed by atoms with van der Waals surface area (Å²) in [6.07, 6.45) is 4.79. The van der Waals surface area contributed by atoms with Crippen molar-refractivity contribution < 1.29 is 4.92 Å². The van der Waals surface area contributed by atoms with Gasteiger partial charge < -0.3 is 15.4 Å². The Morgan fingerprint density at radius 3 is 2.80 bits per heavy atom. The Morgan fingerprint density at radius 2 is 2.08 bits per heavy atom. The summed E-state index contributed by atoms with van der Waals surface area (Å²) < 4.78 is 1.76. The number of nitro groups is 1. The molecule has 0 atom stereocenters. The second kappa shape index (κ2) is 7.41. The van der Waals surface area contributed by atoms with Crippen LogP contribution in [0.5, 0.6) is 0 Å². The monoisotopic (exact) mass is 363 g/mol. The van der Waals surface area contributed by atoms with Crippen molar-refractivity contribution in [2.75, 3.05) is 25.0 Å². The smallest absolute Gasteiger partial charge is 0.384 e. The van der Waals surface area contributed by atoms with Gasteiger partial charge in [0.1, 0.15) is 0 Å². The van der Waals surface area contributed by atoms with E-state index in [4.69, 9.17) is 0 Å². The molecule has 1 aromatic carbocycles. The van der Waals surface area contributed by atoms with Crippen LogP contribution in [0.25, 0.3) is 0 Å². The average Bonchev–Trinajstić information content (AvgIpc) is 3.25. The summed E-state index contributed by atoms with van der Waals surface area (Å²) in [6.45, 7) is 3.97. The van der Waals surface area contributed by atoms with E-state index in [9.17, 15) is 10.1 Å². The standard InChI is InChI=1S/C17H21N5O2.ClH/c23-22(24)16-7-11-21(19-16)15-5-9-20(10-6-15)12-14-3-1-2-13-4-8-18-17(13)14;/h1-3,7,11,15,18H,4-6,8-10,12H2;1H. The number of fused-ring (bicyclic) bond motifs is 1. The van der Waals surface area contributed by atoms with Crippen LogP contribution in [0.3, 0.4) is 0 Å². The lowest BCUT2D eigenvalue weighted by molar-refractivity contribution is -0.389. The van der Waals surface area contributed by atoms with Gasteiger partial charge in [-0.1, -0.05) is 18.2 Å². The first-order chi connectivity index (χ1) is 11.7. The number of piperidine rings is 1. The third-order valence-corrected chi connectivity index (χ3v) is 5.04. The Bertz CT molecular complexity index is 755. The third kappa shape index (κ3) is 3.62. The van der Waals surface area contributed by atoms with Crippen molar-refractivity contribution in [1.29, 1.82) is 0 Å². The van der Waals surface area contributed by atoms with E-state index in [2.05, 4.69) is 33.5 Å². The summed E-state index contributed by atoms with van der Waals surface area (Å²) in [5, 5.41) is 18.3. The highest BCUT2D eigenvalue weighted by Crippen LogP contribution is 2.29. The Labute approximate surface area is 152 Å². The van der Waals surface area contributed by atoms with Crippen molar-refractivity contribution in [2.24, 2.45) is 0 Å². The average molecular weight is 364 g/mol. The third-order valence-electron chi connectivity index (χ3n) is 5.04.